The van der Waals surface area contributed by atoms with Crippen LogP contribution in [0.15, 0.2) is 30.3 Å². The number of carbonyl (C=O) groups excluding carboxylic acids is 2. The van der Waals surface area contributed by atoms with Crippen LogP contribution in [0.25, 0.3) is 0 Å². The molecule has 1 saturated heterocycles. The molecule has 5 heteroatoms. The van der Waals surface area contributed by atoms with E-state index >= 15 is 0 Å². The van der Waals surface area contributed by atoms with Crippen molar-refractivity contribution >= 4 is 23.6 Å². The Bertz CT molecular complexity index is 599. The van der Waals surface area contributed by atoms with Crippen molar-refractivity contribution in [2.45, 2.75) is 63.4 Å². The molecule has 136 valence electrons. The van der Waals surface area contributed by atoms with Crippen LogP contribution in [0, 0.1) is 5.92 Å². The SMILES string of the molecule is CC(C)C(=O)N1[C@@H](c2ccccc2)SC[C@H]1C(=O)NC1CCCCC1. The summed E-state index contributed by atoms with van der Waals surface area (Å²) in [6, 6.07) is 9.95. The molecule has 1 aromatic carbocycles. The summed E-state index contributed by atoms with van der Waals surface area (Å²) < 4.78 is 0. The molecule has 0 bridgehead atoms. The van der Waals surface area contributed by atoms with Gasteiger partial charge in [-0.3, -0.25) is 9.59 Å². The predicted octanol–water partition coefficient (Wildman–Crippen LogP) is 3.73. The van der Waals surface area contributed by atoms with E-state index in [-0.39, 0.29) is 35.2 Å². The lowest BCUT2D eigenvalue weighted by Gasteiger charge is -2.32. The molecule has 2 atom stereocenters. The highest BCUT2D eigenvalue weighted by atomic mass is 32.2. The van der Waals surface area contributed by atoms with Gasteiger partial charge in [-0.2, -0.15) is 0 Å². The lowest BCUT2D eigenvalue weighted by molar-refractivity contribution is -0.142. The Morgan fingerprint density at radius 1 is 1.12 bits per heavy atom. The van der Waals surface area contributed by atoms with E-state index in [1.165, 1.54) is 19.3 Å². The van der Waals surface area contributed by atoms with Crippen LogP contribution < -0.4 is 5.32 Å². The number of hydrogen-bond acceptors (Lipinski definition) is 3. The molecule has 0 aromatic heterocycles. The van der Waals surface area contributed by atoms with Crippen LogP contribution in [0.1, 0.15) is 56.9 Å². The number of nitrogens with one attached hydrogen (secondary N) is 1. The number of thioether (sulfide) groups is 1. The maximum Gasteiger partial charge on any atom is 0.243 e. The van der Waals surface area contributed by atoms with E-state index in [9.17, 15) is 9.59 Å². The topological polar surface area (TPSA) is 49.4 Å². The van der Waals surface area contributed by atoms with Crippen molar-refractivity contribution in [3.8, 4) is 0 Å². The average molecular weight is 361 g/mol. The van der Waals surface area contributed by atoms with Crippen LogP contribution in [0.5, 0.6) is 0 Å². The summed E-state index contributed by atoms with van der Waals surface area (Å²) >= 11 is 1.69. The molecule has 1 aliphatic carbocycles. The Balaban J connectivity index is 1.77. The molecular weight excluding hydrogens is 332 g/mol. The number of carbonyl (C=O) groups is 2. The van der Waals surface area contributed by atoms with Crippen molar-refractivity contribution in [2.24, 2.45) is 5.92 Å². The maximum absolute atomic E-state index is 12.9. The maximum atomic E-state index is 12.9. The Labute approximate surface area is 154 Å². The number of nitrogens with zero attached hydrogens (tertiary/aromatic N) is 1. The van der Waals surface area contributed by atoms with Crippen molar-refractivity contribution < 1.29 is 9.59 Å². The van der Waals surface area contributed by atoms with Crippen LogP contribution in [-0.4, -0.2) is 34.6 Å². The van der Waals surface area contributed by atoms with Gasteiger partial charge in [0.2, 0.25) is 11.8 Å². The minimum Gasteiger partial charge on any atom is -0.352 e. The van der Waals surface area contributed by atoms with Crippen molar-refractivity contribution in [2.75, 3.05) is 5.75 Å². The molecule has 0 unspecified atom stereocenters. The molecule has 0 spiro atoms. The van der Waals surface area contributed by atoms with Gasteiger partial charge >= 0.3 is 0 Å². The Morgan fingerprint density at radius 3 is 2.44 bits per heavy atom. The second-order valence-electron chi connectivity index (χ2n) is 7.36. The smallest absolute Gasteiger partial charge is 0.243 e. The highest BCUT2D eigenvalue weighted by molar-refractivity contribution is 7.99. The van der Waals surface area contributed by atoms with E-state index in [0.29, 0.717) is 5.75 Å². The van der Waals surface area contributed by atoms with Crippen LogP contribution >= 0.6 is 11.8 Å². The minimum absolute atomic E-state index is 0.0202. The molecule has 2 amide bonds. The number of benzene rings is 1. The van der Waals surface area contributed by atoms with Gasteiger partial charge in [0.15, 0.2) is 0 Å². The molecule has 4 nitrogen and oxygen atoms in total. The third-order valence-corrected chi connectivity index (χ3v) is 6.41. The molecule has 1 heterocycles. The third-order valence-electron chi connectivity index (χ3n) is 5.09. The first kappa shape index (κ1) is 18.3. The van der Waals surface area contributed by atoms with Gasteiger partial charge in [-0.1, -0.05) is 63.4 Å². The molecule has 0 radical (unpaired) electrons. The molecular formula is C20H28N2O2S. The van der Waals surface area contributed by atoms with Gasteiger partial charge < -0.3 is 10.2 Å². The Morgan fingerprint density at radius 2 is 1.80 bits per heavy atom. The fourth-order valence-electron chi connectivity index (χ4n) is 3.69. The normalized spacial score (nSPS) is 24.5. The molecule has 1 saturated carbocycles. The van der Waals surface area contributed by atoms with Crippen molar-refractivity contribution in [3.05, 3.63) is 35.9 Å². The van der Waals surface area contributed by atoms with E-state index in [1.807, 2.05) is 49.1 Å². The largest absolute Gasteiger partial charge is 0.352 e. The van der Waals surface area contributed by atoms with Crippen molar-refractivity contribution in [3.63, 3.8) is 0 Å². The zero-order chi connectivity index (χ0) is 17.8. The first-order valence-corrected chi connectivity index (χ1v) is 10.4. The van der Waals surface area contributed by atoms with Gasteiger partial charge in [-0.05, 0) is 18.4 Å². The quantitative estimate of drug-likeness (QED) is 0.890. The summed E-state index contributed by atoms with van der Waals surface area (Å²) in [6.45, 7) is 3.81. The lowest BCUT2D eigenvalue weighted by Crippen LogP contribution is -2.51. The van der Waals surface area contributed by atoms with E-state index in [4.69, 9.17) is 0 Å². The predicted molar refractivity (Wildman–Crippen MR) is 102 cm³/mol. The van der Waals surface area contributed by atoms with Crippen LogP contribution in [-0.2, 0) is 9.59 Å². The van der Waals surface area contributed by atoms with Gasteiger partial charge in [0.05, 0.1) is 0 Å². The van der Waals surface area contributed by atoms with Gasteiger partial charge in [0.1, 0.15) is 11.4 Å². The van der Waals surface area contributed by atoms with Gasteiger partial charge in [0.25, 0.3) is 0 Å². The summed E-state index contributed by atoms with van der Waals surface area (Å²) in [4.78, 5) is 27.6. The minimum atomic E-state index is -0.368. The van der Waals surface area contributed by atoms with Crippen LogP contribution in [0.4, 0.5) is 0 Å². The molecule has 3 rings (SSSR count). The second-order valence-corrected chi connectivity index (χ2v) is 8.47. The molecule has 2 fully saturated rings. The fraction of sp³-hybridized carbons (Fsp3) is 0.600. The zero-order valence-corrected chi connectivity index (χ0v) is 15.9. The molecule has 1 N–H and O–H groups in total. The molecule has 1 aromatic rings. The van der Waals surface area contributed by atoms with Gasteiger partial charge in [-0.15, -0.1) is 11.8 Å². The molecule has 2 aliphatic rings. The van der Waals surface area contributed by atoms with E-state index in [0.717, 1.165) is 18.4 Å². The standard InChI is InChI=1S/C20H28N2O2S/c1-14(2)19(24)22-17(18(23)21-16-11-7-4-8-12-16)13-25-20(22)15-9-5-3-6-10-15/h3,5-6,9-10,14,16-17,20H,4,7-8,11-13H2,1-2H3,(H,21,23)/t17-,20+/m0/s1. The summed E-state index contributed by atoms with van der Waals surface area (Å²) in [7, 11) is 0. The van der Waals surface area contributed by atoms with Gasteiger partial charge in [0, 0.05) is 17.7 Å². The van der Waals surface area contributed by atoms with E-state index < -0.39 is 0 Å². The summed E-state index contributed by atoms with van der Waals surface area (Å²) in [5, 5.41) is 3.14. The van der Waals surface area contributed by atoms with Gasteiger partial charge in [-0.25, -0.2) is 0 Å². The Hall–Kier alpha value is -1.49. The fourth-order valence-corrected chi connectivity index (χ4v) is 5.13. The number of rotatable bonds is 4. The highest BCUT2D eigenvalue weighted by Crippen LogP contribution is 2.42. The summed E-state index contributed by atoms with van der Waals surface area (Å²) in [5.41, 5.74) is 1.09. The first-order valence-electron chi connectivity index (χ1n) is 9.37. The second kappa shape index (κ2) is 8.26. The Kier molecular flexibility index (Phi) is 6.05. The van der Waals surface area contributed by atoms with E-state index in [2.05, 4.69) is 5.32 Å². The van der Waals surface area contributed by atoms with Crippen LogP contribution in [0.3, 0.4) is 0 Å². The average Bonchev–Trinajstić information content (AvgIpc) is 3.07. The first-order chi connectivity index (χ1) is 12.1. The zero-order valence-electron chi connectivity index (χ0n) is 15.1. The molecule has 1 aliphatic heterocycles. The van der Waals surface area contributed by atoms with Crippen molar-refractivity contribution in [1.29, 1.82) is 0 Å². The van der Waals surface area contributed by atoms with Crippen LogP contribution in [0.2, 0.25) is 0 Å². The van der Waals surface area contributed by atoms with E-state index in [1.54, 1.807) is 11.8 Å². The monoisotopic (exact) mass is 360 g/mol. The summed E-state index contributed by atoms with van der Waals surface area (Å²) in [6.07, 6.45) is 5.76. The number of amides is 2. The highest BCUT2D eigenvalue weighted by Gasteiger charge is 2.43. The van der Waals surface area contributed by atoms with Crippen molar-refractivity contribution in [1.82, 2.24) is 10.2 Å². The number of hydrogen-bond donors (Lipinski definition) is 1. The lowest BCUT2D eigenvalue weighted by atomic mass is 9.95. The molecule has 25 heavy (non-hydrogen) atoms. The third kappa shape index (κ3) is 4.20. The summed E-state index contributed by atoms with van der Waals surface area (Å²) in [5.74, 6) is 0.626.